The molecule has 1 aromatic carbocycles. The molecule has 1 aromatic rings. The molecule has 3 N–H and O–H groups in total. The highest BCUT2D eigenvalue weighted by Crippen LogP contribution is 2.30. The van der Waals surface area contributed by atoms with E-state index in [9.17, 15) is 0 Å². The van der Waals surface area contributed by atoms with Crippen LogP contribution >= 0.6 is 15.9 Å². The number of aliphatic hydroxyl groups excluding tert-OH is 1. The normalized spacial score (nSPS) is 14.7. The van der Waals surface area contributed by atoms with Gasteiger partial charge in [-0.15, -0.1) is 0 Å². The van der Waals surface area contributed by atoms with Crippen molar-refractivity contribution < 1.29 is 9.84 Å². The van der Waals surface area contributed by atoms with Crippen molar-refractivity contribution in [3.05, 3.63) is 28.2 Å². The first-order valence-electron chi connectivity index (χ1n) is 4.75. The molecule has 0 bridgehead atoms. The molecule has 4 heteroatoms. The van der Waals surface area contributed by atoms with E-state index in [2.05, 4.69) is 15.9 Å². The number of benzene rings is 1. The van der Waals surface area contributed by atoms with Gasteiger partial charge in [-0.3, -0.25) is 0 Å². The molecule has 1 unspecified atom stereocenters. The van der Waals surface area contributed by atoms with Gasteiger partial charge in [0.05, 0.1) is 11.6 Å². The molecule has 0 fully saturated rings. The summed E-state index contributed by atoms with van der Waals surface area (Å²) < 4.78 is 6.01. The van der Waals surface area contributed by atoms with Crippen molar-refractivity contribution >= 4 is 15.9 Å². The molecule has 0 saturated heterocycles. The molecule has 15 heavy (non-hydrogen) atoms. The number of rotatable bonds is 4. The predicted molar refractivity (Wildman–Crippen MR) is 63.9 cm³/mol. The van der Waals surface area contributed by atoms with E-state index >= 15 is 0 Å². The van der Waals surface area contributed by atoms with Crippen LogP contribution in [0.25, 0.3) is 0 Å². The van der Waals surface area contributed by atoms with Gasteiger partial charge in [0.15, 0.2) is 0 Å². The Morgan fingerprint density at radius 1 is 1.53 bits per heavy atom. The average molecular weight is 274 g/mol. The van der Waals surface area contributed by atoms with Crippen molar-refractivity contribution in [2.24, 2.45) is 5.73 Å². The third-order valence-electron chi connectivity index (χ3n) is 2.44. The Bertz CT molecular complexity index is 339. The van der Waals surface area contributed by atoms with Crippen molar-refractivity contribution in [3.8, 4) is 5.75 Å². The minimum Gasteiger partial charge on any atom is -0.496 e. The topological polar surface area (TPSA) is 55.5 Å². The maximum Gasteiger partial charge on any atom is 0.133 e. The Morgan fingerprint density at radius 2 is 2.20 bits per heavy atom. The van der Waals surface area contributed by atoms with Gasteiger partial charge in [-0.25, -0.2) is 0 Å². The molecule has 0 heterocycles. The zero-order valence-electron chi connectivity index (χ0n) is 8.96. The largest absolute Gasteiger partial charge is 0.496 e. The number of methoxy groups -OCH3 is 1. The van der Waals surface area contributed by atoms with Crippen LogP contribution in [0.15, 0.2) is 22.7 Å². The van der Waals surface area contributed by atoms with E-state index in [1.54, 1.807) is 7.11 Å². The van der Waals surface area contributed by atoms with Crippen molar-refractivity contribution in [2.45, 2.75) is 18.9 Å². The fourth-order valence-corrected chi connectivity index (χ4v) is 1.94. The molecule has 0 amide bonds. The highest BCUT2D eigenvalue weighted by atomic mass is 79.9. The third-order valence-corrected chi connectivity index (χ3v) is 3.06. The summed E-state index contributed by atoms with van der Waals surface area (Å²) in [6.45, 7) is 1.98. The Kier molecular flexibility index (Phi) is 4.13. The van der Waals surface area contributed by atoms with Crippen LogP contribution in [0.2, 0.25) is 0 Å². The van der Waals surface area contributed by atoms with Gasteiger partial charge in [-0.05, 0) is 47.0 Å². The lowest BCUT2D eigenvalue weighted by molar-refractivity contribution is 0.247. The Labute approximate surface area is 98.4 Å². The molecule has 1 atom stereocenters. The lowest BCUT2D eigenvalue weighted by Gasteiger charge is -2.24. The molecule has 0 saturated carbocycles. The molecule has 3 nitrogen and oxygen atoms in total. The fraction of sp³-hybridized carbons (Fsp3) is 0.455. The first-order valence-corrected chi connectivity index (χ1v) is 5.54. The van der Waals surface area contributed by atoms with Crippen molar-refractivity contribution in [1.82, 2.24) is 0 Å². The zero-order valence-corrected chi connectivity index (χ0v) is 10.5. The van der Waals surface area contributed by atoms with Gasteiger partial charge in [-0.2, -0.15) is 0 Å². The van der Waals surface area contributed by atoms with Gasteiger partial charge in [0.25, 0.3) is 0 Å². The van der Waals surface area contributed by atoms with Gasteiger partial charge in [0, 0.05) is 12.1 Å². The second kappa shape index (κ2) is 4.96. The van der Waals surface area contributed by atoms with Crippen LogP contribution in [-0.4, -0.2) is 18.8 Å². The van der Waals surface area contributed by atoms with E-state index in [0.29, 0.717) is 6.42 Å². The highest BCUT2D eigenvalue weighted by Gasteiger charge is 2.21. The molecule has 0 aliphatic carbocycles. The third kappa shape index (κ3) is 2.93. The minimum absolute atomic E-state index is 0.0800. The maximum atomic E-state index is 8.92. The smallest absolute Gasteiger partial charge is 0.133 e. The molecular weight excluding hydrogens is 258 g/mol. The van der Waals surface area contributed by atoms with Crippen molar-refractivity contribution in [1.29, 1.82) is 0 Å². The van der Waals surface area contributed by atoms with Crippen molar-refractivity contribution in [2.75, 3.05) is 13.7 Å². The summed E-state index contributed by atoms with van der Waals surface area (Å²) in [5, 5.41) is 8.92. The summed E-state index contributed by atoms with van der Waals surface area (Å²) >= 11 is 3.41. The Morgan fingerprint density at radius 3 is 2.67 bits per heavy atom. The van der Waals surface area contributed by atoms with Gasteiger partial charge in [0.2, 0.25) is 0 Å². The van der Waals surface area contributed by atoms with Crippen molar-refractivity contribution in [3.63, 3.8) is 0 Å². The van der Waals surface area contributed by atoms with Gasteiger partial charge in [-0.1, -0.05) is 6.07 Å². The van der Waals surface area contributed by atoms with Gasteiger partial charge < -0.3 is 15.6 Å². The predicted octanol–water partition coefficient (Wildman–Crippen LogP) is 2.01. The first-order chi connectivity index (χ1) is 7.01. The molecule has 0 aliphatic heterocycles. The second-order valence-corrected chi connectivity index (χ2v) is 4.59. The van der Waals surface area contributed by atoms with Gasteiger partial charge >= 0.3 is 0 Å². The van der Waals surface area contributed by atoms with Crippen LogP contribution in [-0.2, 0) is 5.54 Å². The Balaban J connectivity index is 3.01. The van der Waals surface area contributed by atoms with Crippen LogP contribution in [0.5, 0.6) is 5.75 Å². The molecule has 1 rings (SSSR count). The SMILES string of the molecule is COc1ccc(C(C)(N)CCO)cc1Br. The average Bonchev–Trinajstić information content (AvgIpc) is 2.17. The second-order valence-electron chi connectivity index (χ2n) is 3.74. The fourth-order valence-electron chi connectivity index (χ4n) is 1.40. The number of hydrogen-bond donors (Lipinski definition) is 2. The number of nitrogens with two attached hydrogens (primary N) is 1. The molecule has 84 valence electrons. The van der Waals surface area contributed by atoms with Crippen LogP contribution in [0.4, 0.5) is 0 Å². The Hall–Kier alpha value is -0.580. The maximum absolute atomic E-state index is 8.92. The lowest BCUT2D eigenvalue weighted by atomic mass is 9.90. The van der Waals surface area contributed by atoms with E-state index in [1.165, 1.54) is 0 Å². The number of halogens is 1. The molecule has 0 aromatic heterocycles. The number of hydrogen-bond acceptors (Lipinski definition) is 3. The minimum atomic E-state index is -0.510. The summed E-state index contributed by atoms with van der Waals surface area (Å²) in [4.78, 5) is 0. The quantitative estimate of drug-likeness (QED) is 0.883. The van der Waals surface area contributed by atoms with E-state index in [1.807, 2.05) is 25.1 Å². The molecular formula is C11H16BrNO2. The lowest BCUT2D eigenvalue weighted by Crippen LogP contribution is -2.33. The molecule has 0 radical (unpaired) electrons. The first kappa shape index (κ1) is 12.5. The number of ether oxygens (including phenoxy) is 1. The van der Waals surface area contributed by atoms with Crippen LogP contribution in [0.1, 0.15) is 18.9 Å². The van der Waals surface area contributed by atoms with Crippen LogP contribution in [0.3, 0.4) is 0 Å². The van der Waals surface area contributed by atoms with E-state index in [0.717, 1.165) is 15.8 Å². The van der Waals surface area contributed by atoms with E-state index in [-0.39, 0.29) is 6.61 Å². The summed E-state index contributed by atoms with van der Waals surface area (Å²) in [5.41, 5.74) is 6.55. The summed E-state index contributed by atoms with van der Waals surface area (Å²) in [5.74, 6) is 0.776. The highest BCUT2D eigenvalue weighted by molar-refractivity contribution is 9.10. The summed E-state index contributed by atoms with van der Waals surface area (Å²) in [6.07, 6.45) is 0.534. The van der Waals surface area contributed by atoms with E-state index < -0.39 is 5.54 Å². The monoisotopic (exact) mass is 273 g/mol. The zero-order chi connectivity index (χ0) is 11.5. The van der Waals surface area contributed by atoms with E-state index in [4.69, 9.17) is 15.6 Å². The standard InChI is InChI=1S/C11H16BrNO2/c1-11(13,5-6-14)8-3-4-10(15-2)9(12)7-8/h3-4,7,14H,5-6,13H2,1-2H3. The number of aliphatic hydroxyl groups is 1. The molecule has 0 aliphatic rings. The summed E-state index contributed by atoms with van der Waals surface area (Å²) in [7, 11) is 1.62. The summed E-state index contributed by atoms with van der Waals surface area (Å²) in [6, 6.07) is 5.70. The van der Waals surface area contributed by atoms with Gasteiger partial charge in [0.1, 0.15) is 5.75 Å². The molecule has 0 spiro atoms. The van der Waals surface area contributed by atoms with Crippen LogP contribution < -0.4 is 10.5 Å². The van der Waals surface area contributed by atoms with Crippen LogP contribution in [0, 0.1) is 0 Å².